The number of hydrogen-bond donors (Lipinski definition) is 1. The van der Waals surface area contributed by atoms with E-state index in [0.29, 0.717) is 5.25 Å². The van der Waals surface area contributed by atoms with Crippen molar-refractivity contribution in [1.29, 1.82) is 0 Å². The van der Waals surface area contributed by atoms with Crippen LogP contribution in [-0.2, 0) is 6.61 Å². The number of benzene rings is 1. The molecule has 14 heavy (non-hydrogen) atoms. The van der Waals surface area contributed by atoms with Gasteiger partial charge in [-0.3, -0.25) is 0 Å². The maximum Gasteiger partial charge on any atom is 0.0682 e. The van der Waals surface area contributed by atoms with Crippen LogP contribution in [-0.4, -0.2) is 10.4 Å². The molecule has 0 bridgehead atoms. The summed E-state index contributed by atoms with van der Waals surface area (Å²) in [6, 6.07) is 5.72. The minimum atomic E-state index is 0.0496. The fourth-order valence-electron chi connectivity index (χ4n) is 1.04. The molecule has 0 aliphatic rings. The van der Waals surface area contributed by atoms with Gasteiger partial charge in [0.2, 0.25) is 0 Å². The first-order chi connectivity index (χ1) is 6.67. The molecule has 0 saturated carbocycles. The van der Waals surface area contributed by atoms with E-state index >= 15 is 0 Å². The normalized spacial score (nSPS) is 12.9. The summed E-state index contributed by atoms with van der Waals surface area (Å²) in [7, 11) is 0. The summed E-state index contributed by atoms with van der Waals surface area (Å²) in [6.45, 7) is 4.39. The van der Waals surface area contributed by atoms with E-state index in [4.69, 9.17) is 16.7 Å². The highest BCUT2D eigenvalue weighted by molar-refractivity contribution is 8.00. The molecule has 1 N–H and O–H groups in total. The van der Waals surface area contributed by atoms with Gasteiger partial charge in [-0.05, 0) is 24.1 Å². The largest absolute Gasteiger partial charge is 0.392 e. The first kappa shape index (κ1) is 11.9. The van der Waals surface area contributed by atoms with Crippen LogP contribution in [0.3, 0.4) is 0 Å². The van der Waals surface area contributed by atoms with Gasteiger partial charge in [-0.25, -0.2) is 0 Å². The van der Waals surface area contributed by atoms with Crippen molar-refractivity contribution in [2.75, 3.05) is 0 Å². The van der Waals surface area contributed by atoms with Gasteiger partial charge in [0.1, 0.15) is 0 Å². The average molecular weight is 231 g/mol. The molecule has 0 radical (unpaired) electrons. The summed E-state index contributed by atoms with van der Waals surface area (Å²) < 4.78 is 0. The molecule has 1 atom stereocenters. The Morgan fingerprint density at radius 2 is 2.21 bits per heavy atom. The summed E-state index contributed by atoms with van der Waals surface area (Å²) in [4.78, 5) is 1.10. The molecule has 0 fully saturated rings. The summed E-state index contributed by atoms with van der Waals surface area (Å²) in [5.74, 6) is 0. The summed E-state index contributed by atoms with van der Waals surface area (Å²) in [6.07, 6.45) is 1.13. The van der Waals surface area contributed by atoms with Crippen LogP contribution in [0.15, 0.2) is 23.1 Å². The van der Waals surface area contributed by atoms with Crippen molar-refractivity contribution in [3.63, 3.8) is 0 Å². The molecule has 0 heterocycles. The number of aliphatic hydroxyl groups is 1. The summed E-state index contributed by atoms with van der Waals surface area (Å²) in [5, 5.41) is 10.2. The monoisotopic (exact) mass is 230 g/mol. The Morgan fingerprint density at radius 1 is 1.50 bits per heavy atom. The highest BCUT2D eigenvalue weighted by Crippen LogP contribution is 2.32. The van der Waals surface area contributed by atoms with Crippen molar-refractivity contribution in [3.05, 3.63) is 28.8 Å². The first-order valence-electron chi connectivity index (χ1n) is 4.73. The van der Waals surface area contributed by atoms with E-state index < -0.39 is 0 Å². The zero-order valence-electron chi connectivity index (χ0n) is 8.46. The summed E-state index contributed by atoms with van der Waals surface area (Å²) >= 11 is 7.85. The van der Waals surface area contributed by atoms with Crippen molar-refractivity contribution >= 4 is 23.4 Å². The second-order valence-electron chi connectivity index (χ2n) is 3.26. The van der Waals surface area contributed by atoms with Gasteiger partial charge in [0, 0.05) is 10.1 Å². The van der Waals surface area contributed by atoms with Crippen LogP contribution >= 0.6 is 23.4 Å². The third-order valence-corrected chi connectivity index (χ3v) is 3.85. The van der Waals surface area contributed by atoms with Gasteiger partial charge >= 0.3 is 0 Å². The third kappa shape index (κ3) is 3.19. The molecule has 1 rings (SSSR count). The van der Waals surface area contributed by atoms with Crippen LogP contribution in [0.1, 0.15) is 25.8 Å². The molecule has 0 aromatic heterocycles. The molecular weight excluding hydrogens is 216 g/mol. The lowest BCUT2D eigenvalue weighted by atomic mass is 10.2. The molecular formula is C11H15ClOS. The lowest BCUT2D eigenvalue weighted by Crippen LogP contribution is -1.93. The smallest absolute Gasteiger partial charge is 0.0682 e. The average Bonchev–Trinajstić information content (AvgIpc) is 2.20. The van der Waals surface area contributed by atoms with E-state index in [2.05, 4.69) is 13.8 Å². The lowest BCUT2D eigenvalue weighted by molar-refractivity contribution is 0.282. The molecule has 0 saturated heterocycles. The number of thioether (sulfide) groups is 1. The predicted molar refractivity (Wildman–Crippen MR) is 63.0 cm³/mol. The Hall–Kier alpha value is -0.180. The van der Waals surface area contributed by atoms with E-state index in [9.17, 15) is 0 Å². The number of halogens is 1. The molecule has 1 aromatic carbocycles. The second kappa shape index (κ2) is 5.64. The molecule has 1 nitrogen and oxygen atoms in total. The van der Waals surface area contributed by atoms with Crippen LogP contribution in [0, 0.1) is 0 Å². The molecule has 0 aliphatic carbocycles. The van der Waals surface area contributed by atoms with Crippen LogP contribution in [0.25, 0.3) is 0 Å². The summed E-state index contributed by atoms with van der Waals surface area (Å²) in [5.41, 5.74) is 0.864. The highest BCUT2D eigenvalue weighted by Gasteiger charge is 2.06. The van der Waals surface area contributed by atoms with Gasteiger partial charge in [0.15, 0.2) is 0 Å². The Morgan fingerprint density at radius 3 is 2.71 bits per heavy atom. The molecule has 0 aliphatic heterocycles. The van der Waals surface area contributed by atoms with Crippen LogP contribution in [0.4, 0.5) is 0 Å². The number of hydrogen-bond acceptors (Lipinski definition) is 2. The molecule has 1 unspecified atom stereocenters. The number of aliphatic hydroxyl groups excluding tert-OH is 1. The number of rotatable bonds is 4. The minimum Gasteiger partial charge on any atom is -0.392 e. The molecule has 0 amide bonds. The SMILES string of the molecule is CCC(C)Sc1ccc(CO)cc1Cl. The lowest BCUT2D eigenvalue weighted by Gasteiger charge is -2.10. The van der Waals surface area contributed by atoms with Gasteiger partial charge in [-0.1, -0.05) is 31.5 Å². The highest BCUT2D eigenvalue weighted by atomic mass is 35.5. The van der Waals surface area contributed by atoms with Gasteiger partial charge in [0.25, 0.3) is 0 Å². The van der Waals surface area contributed by atoms with E-state index in [1.807, 2.05) is 18.2 Å². The predicted octanol–water partition coefficient (Wildman–Crippen LogP) is 3.72. The van der Waals surface area contributed by atoms with Gasteiger partial charge < -0.3 is 5.11 Å². The fourth-order valence-corrected chi connectivity index (χ4v) is 2.29. The van der Waals surface area contributed by atoms with E-state index in [1.165, 1.54) is 0 Å². The van der Waals surface area contributed by atoms with Crippen molar-refractivity contribution in [2.24, 2.45) is 0 Å². The van der Waals surface area contributed by atoms with Crippen molar-refractivity contribution < 1.29 is 5.11 Å². The first-order valence-corrected chi connectivity index (χ1v) is 5.99. The van der Waals surface area contributed by atoms with Crippen molar-refractivity contribution in [3.8, 4) is 0 Å². The Kier molecular flexibility index (Phi) is 4.79. The Bertz CT molecular complexity index is 301. The second-order valence-corrected chi connectivity index (χ2v) is 5.15. The Labute approximate surface area is 94.5 Å². The van der Waals surface area contributed by atoms with E-state index in [-0.39, 0.29) is 6.61 Å². The fraction of sp³-hybridized carbons (Fsp3) is 0.455. The standard InChI is InChI=1S/C11H15ClOS/c1-3-8(2)14-11-5-4-9(7-13)6-10(11)12/h4-6,8,13H,3,7H2,1-2H3. The van der Waals surface area contributed by atoms with Gasteiger partial charge in [0.05, 0.1) is 11.6 Å². The van der Waals surface area contributed by atoms with Gasteiger partial charge in [-0.2, -0.15) is 0 Å². The maximum atomic E-state index is 8.92. The van der Waals surface area contributed by atoms with Crippen molar-refractivity contribution in [2.45, 2.75) is 37.0 Å². The quantitative estimate of drug-likeness (QED) is 0.796. The van der Waals surface area contributed by atoms with E-state index in [0.717, 1.165) is 21.9 Å². The minimum absolute atomic E-state index is 0.0496. The zero-order chi connectivity index (χ0) is 10.6. The van der Waals surface area contributed by atoms with E-state index in [1.54, 1.807) is 11.8 Å². The zero-order valence-corrected chi connectivity index (χ0v) is 10.0. The maximum absolute atomic E-state index is 8.92. The third-order valence-electron chi connectivity index (χ3n) is 2.08. The van der Waals surface area contributed by atoms with Crippen LogP contribution in [0.2, 0.25) is 5.02 Å². The van der Waals surface area contributed by atoms with Crippen LogP contribution < -0.4 is 0 Å². The topological polar surface area (TPSA) is 20.2 Å². The molecule has 1 aromatic rings. The molecule has 0 spiro atoms. The van der Waals surface area contributed by atoms with Gasteiger partial charge in [-0.15, -0.1) is 11.8 Å². The molecule has 78 valence electrons. The van der Waals surface area contributed by atoms with Crippen LogP contribution in [0.5, 0.6) is 0 Å². The molecule has 3 heteroatoms. The van der Waals surface area contributed by atoms with Crippen molar-refractivity contribution in [1.82, 2.24) is 0 Å². The Balaban J connectivity index is 2.78.